The number of benzene rings is 2. The van der Waals surface area contributed by atoms with Crippen molar-refractivity contribution in [1.29, 1.82) is 0 Å². The van der Waals surface area contributed by atoms with Crippen LogP contribution >= 0.6 is 34.8 Å². The van der Waals surface area contributed by atoms with Crippen LogP contribution in [0.3, 0.4) is 0 Å². The van der Waals surface area contributed by atoms with Gasteiger partial charge >= 0.3 is 29.6 Å². The summed E-state index contributed by atoms with van der Waals surface area (Å²) in [4.78, 5) is 36.5. The molecule has 0 fully saturated rings. The minimum atomic E-state index is -1.50. The topological polar surface area (TPSA) is 128 Å². The van der Waals surface area contributed by atoms with Crippen LogP contribution in [0.15, 0.2) is 36.4 Å². The zero-order chi connectivity index (χ0) is 21.3. The van der Waals surface area contributed by atoms with E-state index in [9.17, 15) is 24.8 Å². The smallest absolute Gasteiger partial charge is 0.543 e. The van der Waals surface area contributed by atoms with Crippen LogP contribution in [-0.2, 0) is 4.79 Å². The number of nitro benzene ring substituents is 1. The van der Waals surface area contributed by atoms with Crippen molar-refractivity contribution in [2.45, 2.75) is 0 Å². The normalized spacial score (nSPS) is 10.8. The third-order valence-corrected chi connectivity index (χ3v) is 4.71. The van der Waals surface area contributed by atoms with Crippen molar-refractivity contribution in [3.05, 3.63) is 72.8 Å². The zero-order valence-corrected chi connectivity index (χ0v) is 19.4. The number of amides is 1. The van der Waals surface area contributed by atoms with Gasteiger partial charge in [-0.25, -0.2) is 0 Å². The molecular weight excluding hydrogens is 468 g/mol. The van der Waals surface area contributed by atoms with Crippen molar-refractivity contribution in [2.75, 3.05) is 5.32 Å². The Balaban J connectivity index is 0.00000320. The largest absolute Gasteiger partial charge is 1.00 e. The van der Waals surface area contributed by atoms with Crippen LogP contribution in [-0.4, -0.2) is 21.8 Å². The molecule has 0 saturated heterocycles. The van der Waals surface area contributed by atoms with Gasteiger partial charge in [0.05, 0.1) is 21.6 Å². The SMILES string of the molecule is O=C(/C=C/c1c(C(=O)[O-])[nH]c2cc(Cl)cc(Cl)c12)Nc1ccc(Cl)c([N+](=O)[O-])c1.[Na+]. The summed E-state index contributed by atoms with van der Waals surface area (Å²) in [6.45, 7) is 0. The standard InChI is InChI=1S/C18H10Cl3N3O5.Na/c19-8-5-12(21)16-10(17(18(26)27)23-13(16)6-8)2-4-15(25)22-9-1-3-11(20)14(7-9)24(28)29;/h1-7,23H,(H,22,25)(H,26,27);/q;+1/p-1/b4-2+;. The van der Waals surface area contributed by atoms with Crippen LogP contribution in [0.5, 0.6) is 0 Å². The van der Waals surface area contributed by atoms with E-state index in [0.29, 0.717) is 15.9 Å². The molecule has 0 radical (unpaired) electrons. The first-order valence-corrected chi connectivity index (χ1v) is 8.96. The van der Waals surface area contributed by atoms with Gasteiger partial charge in [0.2, 0.25) is 5.91 Å². The van der Waals surface area contributed by atoms with Crippen molar-refractivity contribution >= 4 is 75.0 Å². The fraction of sp³-hybridized carbons (Fsp3) is 0. The monoisotopic (exact) mass is 475 g/mol. The van der Waals surface area contributed by atoms with Gasteiger partial charge in [-0.15, -0.1) is 0 Å². The molecular formula is C18H9Cl3N3NaO5. The molecule has 30 heavy (non-hydrogen) atoms. The first kappa shape index (κ1) is 24.2. The minimum absolute atomic E-state index is 0. The molecule has 1 aromatic heterocycles. The van der Waals surface area contributed by atoms with Crippen molar-refractivity contribution in [3.63, 3.8) is 0 Å². The molecule has 12 heteroatoms. The molecule has 0 bridgehead atoms. The molecule has 0 atom stereocenters. The maximum Gasteiger partial charge on any atom is 1.00 e. The number of aromatic carboxylic acids is 1. The molecule has 0 aliphatic heterocycles. The summed E-state index contributed by atoms with van der Waals surface area (Å²) in [6, 6.07) is 6.68. The molecule has 0 aliphatic rings. The molecule has 0 unspecified atom stereocenters. The molecule has 0 spiro atoms. The molecule has 1 amide bonds. The molecule has 3 rings (SSSR count). The fourth-order valence-electron chi connectivity index (χ4n) is 2.67. The summed E-state index contributed by atoms with van der Waals surface area (Å²) in [7, 11) is 0. The van der Waals surface area contributed by atoms with Gasteiger partial charge in [-0.2, -0.15) is 0 Å². The summed E-state index contributed by atoms with van der Waals surface area (Å²) in [6.07, 6.45) is 2.30. The van der Waals surface area contributed by atoms with Crippen molar-refractivity contribution in [1.82, 2.24) is 4.98 Å². The van der Waals surface area contributed by atoms with Crippen molar-refractivity contribution < 1.29 is 49.2 Å². The van der Waals surface area contributed by atoms with E-state index in [4.69, 9.17) is 34.8 Å². The third-order valence-electron chi connectivity index (χ3n) is 3.87. The number of fused-ring (bicyclic) bond motifs is 1. The van der Waals surface area contributed by atoms with Gasteiger partial charge in [0, 0.05) is 39.3 Å². The van der Waals surface area contributed by atoms with E-state index in [2.05, 4.69) is 10.3 Å². The molecule has 3 aromatic rings. The number of carbonyl (C=O) groups is 2. The molecule has 2 aromatic carbocycles. The number of nitrogens with one attached hydrogen (secondary N) is 2. The van der Waals surface area contributed by atoms with Crippen molar-refractivity contribution in [3.8, 4) is 0 Å². The van der Waals surface area contributed by atoms with E-state index in [1.165, 1.54) is 30.3 Å². The number of nitrogens with zero attached hydrogens (tertiary/aromatic N) is 1. The van der Waals surface area contributed by atoms with Crippen LogP contribution in [0.1, 0.15) is 16.1 Å². The average Bonchev–Trinajstić information content (AvgIpc) is 3.00. The Kier molecular flexibility index (Phi) is 7.93. The number of aromatic amines is 1. The van der Waals surface area contributed by atoms with Crippen molar-refractivity contribution in [2.24, 2.45) is 0 Å². The summed E-state index contributed by atoms with van der Waals surface area (Å²) in [5, 5.41) is 25.5. The first-order valence-electron chi connectivity index (χ1n) is 7.82. The number of carboxylic acids is 1. The van der Waals surface area contributed by atoms with Crippen LogP contribution in [0, 0.1) is 10.1 Å². The second-order valence-corrected chi connectivity index (χ2v) is 7.01. The Hall–Kier alpha value is -2.07. The number of nitro groups is 1. The van der Waals surface area contributed by atoms with Gasteiger partial charge in [-0.05, 0) is 30.3 Å². The summed E-state index contributed by atoms with van der Waals surface area (Å²) >= 11 is 17.8. The number of hydrogen-bond donors (Lipinski definition) is 2. The quantitative estimate of drug-likeness (QED) is 0.246. The number of carbonyl (C=O) groups excluding carboxylic acids is 2. The fourth-order valence-corrected chi connectivity index (χ4v) is 3.46. The number of anilines is 1. The van der Waals surface area contributed by atoms with E-state index in [-0.39, 0.29) is 62.2 Å². The maximum atomic E-state index is 12.2. The number of hydrogen-bond acceptors (Lipinski definition) is 5. The van der Waals surface area contributed by atoms with E-state index in [1.54, 1.807) is 0 Å². The summed E-state index contributed by atoms with van der Waals surface area (Å²) in [5.74, 6) is -2.16. The number of H-pyrrole nitrogens is 1. The van der Waals surface area contributed by atoms with Gasteiger partial charge in [0.25, 0.3) is 5.69 Å². The number of rotatable bonds is 5. The Labute approximate surface area is 206 Å². The Morgan fingerprint density at radius 1 is 1.10 bits per heavy atom. The minimum Gasteiger partial charge on any atom is -0.543 e. The van der Waals surface area contributed by atoms with Crippen LogP contribution in [0.25, 0.3) is 17.0 Å². The van der Waals surface area contributed by atoms with Gasteiger partial charge in [-0.3, -0.25) is 14.9 Å². The Morgan fingerprint density at radius 2 is 1.80 bits per heavy atom. The van der Waals surface area contributed by atoms with E-state index in [1.807, 2.05) is 0 Å². The van der Waals surface area contributed by atoms with E-state index in [0.717, 1.165) is 12.1 Å². The predicted octanol–water partition coefficient (Wildman–Crippen LogP) is 1.06. The first-order chi connectivity index (χ1) is 13.7. The molecule has 8 nitrogen and oxygen atoms in total. The van der Waals surface area contributed by atoms with Gasteiger partial charge in [-0.1, -0.05) is 34.8 Å². The van der Waals surface area contributed by atoms with Crippen LogP contribution in [0.4, 0.5) is 11.4 Å². The summed E-state index contributed by atoms with van der Waals surface area (Å²) in [5.41, 5.74) is -0.0306. The molecule has 148 valence electrons. The molecule has 1 heterocycles. The number of halogens is 3. The second kappa shape index (κ2) is 9.82. The zero-order valence-electron chi connectivity index (χ0n) is 15.2. The Morgan fingerprint density at radius 3 is 2.43 bits per heavy atom. The molecule has 0 saturated carbocycles. The van der Waals surface area contributed by atoms with E-state index >= 15 is 0 Å². The Bertz CT molecular complexity index is 1210. The maximum absolute atomic E-state index is 12.2. The summed E-state index contributed by atoms with van der Waals surface area (Å²) < 4.78 is 0. The molecule has 2 N–H and O–H groups in total. The predicted molar refractivity (Wildman–Crippen MR) is 108 cm³/mol. The number of carboxylic acid groups (broad SMARTS) is 1. The number of aromatic nitrogens is 1. The second-order valence-electron chi connectivity index (χ2n) is 5.76. The van der Waals surface area contributed by atoms with Gasteiger partial charge < -0.3 is 20.2 Å². The average molecular weight is 477 g/mol. The van der Waals surface area contributed by atoms with Crippen LogP contribution < -0.4 is 40.0 Å². The van der Waals surface area contributed by atoms with Gasteiger partial charge in [0.1, 0.15) is 5.02 Å². The van der Waals surface area contributed by atoms with Gasteiger partial charge in [0.15, 0.2) is 0 Å². The molecule has 0 aliphatic carbocycles. The van der Waals surface area contributed by atoms with Crippen LogP contribution in [0.2, 0.25) is 15.1 Å². The third kappa shape index (κ3) is 5.15. The van der Waals surface area contributed by atoms with E-state index < -0.39 is 16.8 Å².